The van der Waals surface area contributed by atoms with Crippen molar-refractivity contribution < 1.29 is 14.6 Å². The Morgan fingerprint density at radius 1 is 1.45 bits per heavy atom. The molecule has 2 rings (SSSR count). The smallest absolute Gasteiger partial charge is 0.317 e. The number of ether oxygens (including phenoxy) is 1. The molecular formula is C17H26N2O3. The van der Waals surface area contributed by atoms with Crippen molar-refractivity contribution in [3.63, 3.8) is 0 Å². The van der Waals surface area contributed by atoms with Crippen LogP contribution in [0.15, 0.2) is 30.3 Å². The topological polar surface area (TPSA) is 61.8 Å². The molecule has 1 aromatic rings. The zero-order valence-electron chi connectivity index (χ0n) is 13.4. The van der Waals surface area contributed by atoms with Gasteiger partial charge in [-0.1, -0.05) is 37.3 Å². The number of benzene rings is 1. The molecule has 0 bridgehead atoms. The summed E-state index contributed by atoms with van der Waals surface area (Å²) < 4.78 is 5.07. The number of aliphatic hydroxyl groups is 1. The number of nitrogens with one attached hydrogen (secondary N) is 1. The molecule has 1 fully saturated rings. The van der Waals surface area contributed by atoms with Gasteiger partial charge in [-0.15, -0.1) is 0 Å². The van der Waals surface area contributed by atoms with Gasteiger partial charge >= 0.3 is 6.03 Å². The van der Waals surface area contributed by atoms with Crippen molar-refractivity contribution in [3.05, 3.63) is 35.9 Å². The molecule has 5 nitrogen and oxygen atoms in total. The summed E-state index contributed by atoms with van der Waals surface area (Å²) in [4.78, 5) is 14.0. The molecule has 2 N–H and O–H groups in total. The third-order valence-electron chi connectivity index (χ3n) is 4.54. The van der Waals surface area contributed by atoms with Gasteiger partial charge in [-0.25, -0.2) is 4.79 Å². The molecule has 0 aliphatic carbocycles. The fourth-order valence-corrected chi connectivity index (χ4v) is 2.89. The van der Waals surface area contributed by atoms with E-state index in [1.54, 1.807) is 12.0 Å². The lowest BCUT2D eigenvalue weighted by molar-refractivity contribution is -0.0732. The molecule has 2 amide bonds. The summed E-state index contributed by atoms with van der Waals surface area (Å²) in [5, 5.41) is 13.6. The molecule has 1 aliphatic rings. The Kier molecular flexibility index (Phi) is 5.80. The SMILES string of the molecule is COCCC1(O)CCN(C(=O)NCc2ccccc2)CC1C. The van der Waals surface area contributed by atoms with Gasteiger partial charge in [0, 0.05) is 39.3 Å². The van der Waals surface area contributed by atoms with Gasteiger partial charge in [0.2, 0.25) is 0 Å². The van der Waals surface area contributed by atoms with Crippen LogP contribution in [-0.4, -0.2) is 48.4 Å². The predicted octanol–water partition coefficient (Wildman–Crippen LogP) is 2.01. The van der Waals surface area contributed by atoms with Gasteiger partial charge < -0.3 is 20.1 Å². The van der Waals surface area contributed by atoms with Crippen LogP contribution in [0.25, 0.3) is 0 Å². The van der Waals surface area contributed by atoms with E-state index in [9.17, 15) is 9.90 Å². The van der Waals surface area contributed by atoms with E-state index in [1.807, 2.05) is 37.3 Å². The van der Waals surface area contributed by atoms with Crippen molar-refractivity contribution in [3.8, 4) is 0 Å². The number of rotatable bonds is 5. The third kappa shape index (κ3) is 4.21. The van der Waals surface area contributed by atoms with E-state index >= 15 is 0 Å². The van der Waals surface area contributed by atoms with E-state index in [-0.39, 0.29) is 11.9 Å². The molecule has 1 heterocycles. The lowest BCUT2D eigenvalue weighted by Crippen LogP contribution is -2.54. The largest absolute Gasteiger partial charge is 0.389 e. The van der Waals surface area contributed by atoms with Gasteiger partial charge in [-0.3, -0.25) is 0 Å². The second kappa shape index (κ2) is 7.61. The molecule has 0 radical (unpaired) electrons. The Labute approximate surface area is 132 Å². The molecule has 1 saturated heterocycles. The van der Waals surface area contributed by atoms with Crippen LogP contribution in [-0.2, 0) is 11.3 Å². The summed E-state index contributed by atoms with van der Waals surface area (Å²) in [6, 6.07) is 9.79. The lowest BCUT2D eigenvalue weighted by Gasteiger charge is -2.43. The van der Waals surface area contributed by atoms with Crippen LogP contribution in [0.3, 0.4) is 0 Å². The van der Waals surface area contributed by atoms with E-state index in [0.29, 0.717) is 39.1 Å². The second-order valence-corrected chi connectivity index (χ2v) is 6.09. The summed E-state index contributed by atoms with van der Waals surface area (Å²) in [6.45, 7) is 4.21. The number of hydrogen-bond donors (Lipinski definition) is 2. The van der Waals surface area contributed by atoms with Gasteiger partial charge in [0.25, 0.3) is 0 Å². The van der Waals surface area contributed by atoms with Gasteiger partial charge in [0.15, 0.2) is 0 Å². The van der Waals surface area contributed by atoms with E-state index < -0.39 is 5.60 Å². The third-order valence-corrected chi connectivity index (χ3v) is 4.54. The highest BCUT2D eigenvalue weighted by Crippen LogP contribution is 2.30. The Balaban J connectivity index is 1.83. The quantitative estimate of drug-likeness (QED) is 0.875. The summed E-state index contributed by atoms with van der Waals surface area (Å²) in [5.41, 5.74) is 0.351. The molecular weight excluding hydrogens is 280 g/mol. The first kappa shape index (κ1) is 16.8. The summed E-state index contributed by atoms with van der Waals surface area (Å²) in [6.07, 6.45) is 1.21. The van der Waals surface area contributed by atoms with Crippen LogP contribution in [0.2, 0.25) is 0 Å². The van der Waals surface area contributed by atoms with Crippen molar-refractivity contribution in [2.24, 2.45) is 5.92 Å². The highest BCUT2D eigenvalue weighted by molar-refractivity contribution is 5.74. The second-order valence-electron chi connectivity index (χ2n) is 6.09. The molecule has 0 spiro atoms. The normalized spacial score (nSPS) is 25.0. The van der Waals surface area contributed by atoms with Gasteiger partial charge in [-0.05, 0) is 18.4 Å². The van der Waals surface area contributed by atoms with Crippen molar-refractivity contribution >= 4 is 6.03 Å². The maximum absolute atomic E-state index is 12.3. The van der Waals surface area contributed by atoms with Crippen molar-refractivity contribution in [1.29, 1.82) is 0 Å². The fourth-order valence-electron chi connectivity index (χ4n) is 2.89. The van der Waals surface area contributed by atoms with Gasteiger partial charge in [0.1, 0.15) is 0 Å². The Morgan fingerprint density at radius 2 is 2.18 bits per heavy atom. The van der Waals surface area contributed by atoms with E-state index in [0.717, 1.165) is 5.56 Å². The van der Waals surface area contributed by atoms with Crippen molar-refractivity contribution in [2.45, 2.75) is 31.9 Å². The average Bonchev–Trinajstić information content (AvgIpc) is 2.54. The lowest BCUT2D eigenvalue weighted by atomic mass is 9.80. The minimum atomic E-state index is -0.730. The zero-order valence-corrected chi connectivity index (χ0v) is 13.4. The predicted molar refractivity (Wildman–Crippen MR) is 85.5 cm³/mol. The first-order valence-electron chi connectivity index (χ1n) is 7.83. The molecule has 22 heavy (non-hydrogen) atoms. The van der Waals surface area contributed by atoms with Gasteiger partial charge in [-0.2, -0.15) is 0 Å². The zero-order chi connectivity index (χ0) is 16.0. The Hall–Kier alpha value is -1.59. The number of urea groups is 1. The summed E-state index contributed by atoms with van der Waals surface area (Å²) in [7, 11) is 1.64. The standard InChI is InChI=1S/C17H26N2O3/c1-14-13-19(10-8-17(14,21)9-11-22-2)16(20)18-12-15-6-4-3-5-7-15/h3-7,14,21H,8-13H2,1-2H3,(H,18,20). The number of likely N-dealkylation sites (tertiary alicyclic amines) is 1. The van der Waals surface area contributed by atoms with Crippen LogP contribution in [0.1, 0.15) is 25.3 Å². The number of nitrogens with zero attached hydrogens (tertiary/aromatic N) is 1. The van der Waals surface area contributed by atoms with Crippen LogP contribution in [0.4, 0.5) is 4.79 Å². The fraction of sp³-hybridized carbons (Fsp3) is 0.588. The molecule has 122 valence electrons. The number of carbonyl (C=O) groups excluding carboxylic acids is 1. The highest BCUT2D eigenvalue weighted by atomic mass is 16.5. The number of amides is 2. The Morgan fingerprint density at radius 3 is 2.82 bits per heavy atom. The summed E-state index contributed by atoms with van der Waals surface area (Å²) >= 11 is 0. The number of carbonyl (C=O) groups is 1. The first-order chi connectivity index (χ1) is 10.5. The Bertz CT molecular complexity index is 480. The molecule has 0 aromatic heterocycles. The van der Waals surface area contributed by atoms with Gasteiger partial charge in [0.05, 0.1) is 5.60 Å². The van der Waals surface area contributed by atoms with Crippen LogP contribution < -0.4 is 5.32 Å². The van der Waals surface area contributed by atoms with Crippen LogP contribution in [0, 0.1) is 5.92 Å². The number of methoxy groups -OCH3 is 1. The number of piperidine rings is 1. The maximum atomic E-state index is 12.3. The molecule has 2 unspecified atom stereocenters. The number of hydrogen-bond acceptors (Lipinski definition) is 3. The van der Waals surface area contributed by atoms with E-state index in [4.69, 9.17) is 4.74 Å². The molecule has 0 saturated carbocycles. The minimum Gasteiger partial charge on any atom is -0.389 e. The molecule has 1 aromatic carbocycles. The van der Waals surface area contributed by atoms with E-state index in [1.165, 1.54) is 0 Å². The van der Waals surface area contributed by atoms with Crippen LogP contribution in [0.5, 0.6) is 0 Å². The van der Waals surface area contributed by atoms with E-state index in [2.05, 4.69) is 5.32 Å². The molecule has 2 atom stereocenters. The average molecular weight is 306 g/mol. The van der Waals surface area contributed by atoms with Crippen LogP contribution >= 0.6 is 0 Å². The maximum Gasteiger partial charge on any atom is 0.317 e. The first-order valence-corrected chi connectivity index (χ1v) is 7.83. The summed E-state index contributed by atoms with van der Waals surface area (Å²) in [5.74, 6) is 0.0406. The van der Waals surface area contributed by atoms with Crippen molar-refractivity contribution in [2.75, 3.05) is 26.8 Å². The minimum absolute atomic E-state index is 0.0406. The highest BCUT2D eigenvalue weighted by Gasteiger charge is 2.39. The van der Waals surface area contributed by atoms with Crippen molar-refractivity contribution in [1.82, 2.24) is 10.2 Å². The molecule has 5 heteroatoms. The molecule has 1 aliphatic heterocycles. The monoisotopic (exact) mass is 306 g/mol.